The van der Waals surface area contributed by atoms with E-state index in [1.165, 1.54) is 23.5 Å². The maximum absolute atomic E-state index is 5.12. The summed E-state index contributed by atoms with van der Waals surface area (Å²) < 4.78 is 5.12. The predicted molar refractivity (Wildman–Crippen MR) is 143 cm³/mol. The summed E-state index contributed by atoms with van der Waals surface area (Å²) >= 11 is 1.79. The van der Waals surface area contributed by atoms with Gasteiger partial charge < -0.3 is 20.3 Å². The lowest BCUT2D eigenvalue weighted by Crippen LogP contribution is -2.41. The van der Waals surface area contributed by atoms with Gasteiger partial charge in [0.1, 0.15) is 0 Å². The Bertz CT molecular complexity index is 607. The second-order valence-electron chi connectivity index (χ2n) is 8.10. The van der Waals surface area contributed by atoms with Gasteiger partial charge in [-0.05, 0) is 58.7 Å². The first kappa shape index (κ1) is 28.5. The van der Waals surface area contributed by atoms with Crippen molar-refractivity contribution in [1.29, 1.82) is 0 Å². The lowest BCUT2D eigenvalue weighted by atomic mass is 9.97. The van der Waals surface area contributed by atoms with Crippen LogP contribution in [0.25, 0.3) is 0 Å². The number of halogens is 1. The van der Waals surface area contributed by atoms with Crippen LogP contribution in [0, 0.1) is 5.92 Å². The number of aliphatic imine (C=N–C) groups is 1. The van der Waals surface area contributed by atoms with Gasteiger partial charge in [0.15, 0.2) is 5.96 Å². The van der Waals surface area contributed by atoms with Crippen LogP contribution in [0.1, 0.15) is 43.8 Å². The minimum atomic E-state index is 0. The fourth-order valence-electron chi connectivity index (χ4n) is 3.66. The molecule has 1 fully saturated rings. The highest BCUT2D eigenvalue weighted by molar-refractivity contribution is 14.0. The Morgan fingerprint density at radius 1 is 1.29 bits per heavy atom. The number of thiazole rings is 1. The zero-order valence-electron chi connectivity index (χ0n) is 19.9. The number of ether oxygens (including phenoxy) is 1. The van der Waals surface area contributed by atoms with Crippen molar-refractivity contribution in [2.24, 2.45) is 10.9 Å². The van der Waals surface area contributed by atoms with Crippen molar-refractivity contribution in [3.05, 3.63) is 16.1 Å². The number of rotatable bonds is 13. The lowest BCUT2D eigenvalue weighted by molar-refractivity contribution is 0.179. The molecule has 0 bridgehead atoms. The number of methoxy groups -OCH3 is 1. The number of aryl methyl sites for hydroxylation is 1. The van der Waals surface area contributed by atoms with Gasteiger partial charge in [0, 0.05) is 58.4 Å². The van der Waals surface area contributed by atoms with Crippen molar-refractivity contribution < 1.29 is 4.74 Å². The van der Waals surface area contributed by atoms with Crippen molar-refractivity contribution in [2.75, 3.05) is 66.6 Å². The lowest BCUT2D eigenvalue weighted by Gasteiger charge is -2.30. The molecule has 9 heteroatoms. The molecule has 2 heterocycles. The zero-order chi connectivity index (χ0) is 21.6. The quantitative estimate of drug-likeness (QED) is 0.166. The molecular formula is C22H43IN6OS. The summed E-state index contributed by atoms with van der Waals surface area (Å²) in [5.41, 5.74) is 1.24. The van der Waals surface area contributed by atoms with Gasteiger partial charge in [-0.2, -0.15) is 0 Å². The van der Waals surface area contributed by atoms with Crippen LogP contribution in [0.3, 0.4) is 0 Å². The van der Waals surface area contributed by atoms with Gasteiger partial charge in [-0.15, -0.1) is 35.3 Å². The Kier molecular flexibility index (Phi) is 15.7. The first-order chi connectivity index (χ1) is 14.6. The first-order valence-corrected chi connectivity index (χ1v) is 12.4. The first-order valence-electron chi connectivity index (χ1n) is 11.5. The predicted octanol–water partition coefficient (Wildman–Crippen LogP) is 3.06. The molecule has 0 radical (unpaired) electrons. The normalized spacial score (nSPS) is 15.8. The van der Waals surface area contributed by atoms with Crippen LogP contribution in [-0.4, -0.2) is 87.3 Å². The minimum Gasteiger partial charge on any atom is -0.385 e. The molecule has 0 saturated carbocycles. The van der Waals surface area contributed by atoms with Crippen LogP contribution >= 0.6 is 35.3 Å². The van der Waals surface area contributed by atoms with Crippen molar-refractivity contribution in [3.63, 3.8) is 0 Å². The fraction of sp³-hybridized carbons (Fsp3) is 0.818. The molecule has 1 saturated heterocycles. The summed E-state index contributed by atoms with van der Waals surface area (Å²) in [6, 6.07) is 0. The van der Waals surface area contributed by atoms with Crippen LogP contribution in [0.4, 0.5) is 0 Å². The third-order valence-corrected chi connectivity index (χ3v) is 6.56. The number of nitrogens with one attached hydrogen (secondary N) is 2. The molecule has 7 nitrogen and oxygen atoms in total. The maximum Gasteiger partial charge on any atom is 0.191 e. The van der Waals surface area contributed by atoms with Crippen LogP contribution in [0.5, 0.6) is 0 Å². The number of nitrogens with zero attached hydrogens (tertiary/aromatic N) is 4. The summed E-state index contributed by atoms with van der Waals surface area (Å²) in [6.07, 6.45) is 4.55. The van der Waals surface area contributed by atoms with E-state index in [2.05, 4.69) is 46.7 Å². The molecule has 0 aliphatic carbocycles. The highest BCUT2D eigenvalue weighted by Gasteiger charge is 2.20. The summed E-state index contributed by atoms with van der Waals surface area (Å²) in [7, 11) is 3.91. The molecule has 2 rings (SSSR count). The second-order valence-corrected chi connectivity index (χ2v) is 9.04. The summed E-state index contributed by atoms with van der Waals surface area (Å²) in [4.78, 5) is 14.4. The monoisotopic (exact) mass is 566 g/mol. The smallest absolute Gasteiger partial charge is 0.191 e. The molecule has 1 aromatic heterocycles. The van der Waals surface area contributed by atoms with Crippen LogP contribution < -0.4 is 10.6 Å². The Hall–Kier alpha value is -0.490. The Morgan fingerprint density at radius 3 is 2.71 bits per heavy atom. The molecule has 0 spiro atoms. The zero-order valence-corrected chi connectivity index (χ0v) is 23.0. The van der Waals surface area contributed by atoms with Gasteiger partial charge in [-0.3, -0.25) is 9.89 Å². The van der Waals surface area contributed by atoms with Gasteiger partial charge in [0.2, 0.25) is 0 Å². The minimum absolute atomic E-state index is 0. The number of likely N-dealkylation sites (N-methyl/N-ethyl adjacent to an activating group) is 1. The van der Waals surface area contributed by atoms with Crippen LogP contribution in [0.15, 0.2) is 10.4 Å². The molecule has 1 aliphatic rings. The van der Waals surface area contributed by atoms with Gasteiger partial charge in [0.05, 0.1) is 10.7 Å². The Morgan fingerprint density at radius 2 is 2.06 bits per heavy atom. The molecule has 0 aromatic carbocycles. The average Bonchev–Trinajstić information content (AvgIpc) is 3.21. The SMILES string of the molecule is CCNC(=NCC1CCN(Cc2csc(CC)n2)CC1)NCCN(C)CCCOC.I. The molecular weight excluding hydrogens is 523 g/mol. The van der Waals surface area contributed by atoms with Gasteiger partial charge in [0.25, 0.3) is 0 Å². The van der Waals surface area contributed by atoms with E-state index in [0.29, 0.717) is 5.92 Å². The summed E-state index contributed by atoms with van der Waals surface area (Å²) in [5, 5.41) is 10.3. The molecule has 1 aliphatic heterocycles. The number of guanidine groups is 1. The molecule has 0 atom stereocenters. The molecule has 1 aromatic rings. The third-order valence-electron chi connectivity index (χ3n) is 5.52. The summed E-state index contributed by atoms with van der Waals surface area (Å²) in [6.45, 7) is 13.2. The Balaban J connectivity index is 0.00000480. The van der Waals surface area contributed by atoms with Crippen molar-refractivity contribution >= 4 is 41.3 Å². The fourth-order valence-corrected chi connectivity index (χ4v) is 4.39. The van der Waals surface area contributed by atoms with E-state index < -0.39 is 0 Å². The van der Waals surface area contributed by atoms with Crippen LogP contribution in [0.2, 0.25) is 0 Å². The molecule has 180 valence electrons. The van der Waals surface area contributed by atoms with Crippen LogP contribution in [-0.2, 0) is 17.7 Å². The summed E-state index contributed by atoms with van der Waals surface area (Å²) in [5.74, 6) is 1.62. The van der Waals surface area contributed by atoms with Gasteiger partial charge >= 0.3 is 0 Å². The molecule has 2 N–H and O–H groups in total. The van der Waals surface area contributed by atoms with E-state index >= 15 is 0 Å². The second kappa shape index (κ2) is 17.0. The van der Waals surface area contributed by atoms with E-state index in [0.717, 1.165) is 77.8 Å². The van der Waals surface area contributed by atoms with Crippen molar-refractivity contribution in [2.45, 2.75) is 46.1 Å². The average molecular weight is 567 g/mol. The van der Waals surface area contributed by atoms with E-state index in [-0.39, 0.29) is 24.0 Å². The highest BCUT2D eigenvalue weighted by Crippen LogP contribution is 2.20. The number of piperidine rings is 1. The van der Waals surface area contributed by atoms with Gasteiger partial charge in [-0.1, -0.05) is 6.92 Å². The number of likely N-dealkylation sites (tertiary alicyclic amines) is 1. The third kappa shape index (κ3) is 11.8. The number of aromatic nitrogens is 1. The highest BCUT2D eigenvalue weighted by atomic mass is 127. The van der Waals surface area contributed by atoms with E-state index in [4.69, 9.17) is 14.7 Å². The maximum atomic E-state index is 5.12. The largest absolute Gasteiger partial charge is 0.385 e. The Labute approximate surface area is 210 Å². The molecule has 31 heavy (non-hydrogen) atoms. The van der Waals surface area contributed by atoms with Crippen molar-refractivity contribution in [1.82, 2.24) is 25.4 Å². The standard InChI is InChI=1S/C22H42N6OS.HI/c1-5-21-26-20(18-30-21)17-28-12-8-19(9-13-28)16-25-22(23-6-2)24-10-14-27(3)11-7-15-29-4;/h18-19H,5-17H2,1-4H3,(H2,23,24,25);1H. The van der Waals surface area contributed by atoms with E-state index in [1.54, 1.807) is 18.4 Å². The number of hydrogen-bond donors (Lipinski definition) is 2. The van der Waals surface area contributed by atoms with Gasteiger partial charge in [-0.25, -0.2) is 4.98 Å². The van der Waals surface area contributed by atoms with E-state index in [1.807, 2.05) is 0 Å². The van der Waals surface area contributed by atoms with Crippen molar-refractivity contribution in [3.8, 4) is 0 Å². The number of hydrogen-bond acceptors (Lipinski definition) is 6. The molecule has 0 amide bonds. The van der Waals surface area contributed by atoms with E-state index in [9.17, 15) is 0 Å². The topological polar surface area (TPSA) is 65.0 Å². The molecule has 0 unspecified atom stereocenters.